The van der Waals surface area contributed by atoms with E-state index in [-0.39, 0.29) is 17.1 Å². The minimum atomic E-state index is -0.165. The molecule has 0 saturated heterocycles. The maximum atomic E-state index is 6.79. The van der Waals surface area contributed by atoms with E-state index in [1.54, 1.807) is 0 Å². The summed E-state index contributed by atoms with van der Waals surface area (Å²) in [5.41, 5.74) is 3.35. The van der Waals surface area contributed by atoms with Gasteiger partial charge in [-0.2, -0.15) is 0 Å². The smallest absolute Gasteiger partial charge is 0.206 e. The van der Waals surface area contributed by atoms with E-state index in [0.717, 1.165) is 23.5 Å². The highest BCUT2D eigenvalue weighted by Crippen LogP contribution is 2.67. The molecule has 2 nitrogen and oxygen atoms in total. The molecule has 4 aliphatic carbocycles. The molecule has 0 aliphatic heterocycles. The molecule has 2 heteroatoms. The van der Waals surface area contributed by atoms with Crippen LogP contribution in [-0.4, -0.2) is 6.29 Å². The van der Waals surface area contributed by atoms with Gasteiger partial charge in [-0.25, -0.2) is 0 Å². The first-order valence-corrected chi connectivity index (χ1v) is 13.9. The molecular formula is C33H46O2. The van der Waals surface area contributed by atoms with Crippen LogP contribution in [0.2, 0.25) is 0 Å². The highest BCUT2D eigenvalue weighted by molar-refractivity contribution is 5.31. The second kappa shape index (κ2) is 9.25. The maximum Gasteiger partial charge on any atom is 0.206 e. The molecule has 4 saturated carbocycles. The van der Waals surface area contributed by atoms with Crippen molar-refractivity contribution >= 4 is 0 Å². The van der Waals surface area contributed by atoms with Crippen LogP contribution in [0.5, 0.6) is 5.75 Å². The lowest BCUT2D eigenvalue weighted by Gasteiger charge is -2.39. The summed E-state index contributed by atoms with van der Waals surface area (Å²) in [6.07, 6.45) is 7.76. The molecule has 0 N–H and O–H groups in total. The van der Waals surface area contributed by atoms with Crippen molar-refractivity contribution in [1.82, 2.24) is 0 Å². The number of benzene rings is 2. The summed E-state index contributed by atoms with van der Waals surface area (Å²) in [5.74, 6) is 4.00. The van der Waals surface area contributed by atoms with Crippen molar-refractivity contribution in [2.24, 2.45) is 34.0 Å². The first kappa shape index (κ1) is 24.9. The van der Waals surface area contributed by atoms with Crippen molar-refractivity contribution in [2.45, 2.75) is 98.9 Å². The molecule has 2 aromatic carbocycles. The third-order valence-corrected chi connectivity index (χ3v) is 9.15. The predicted molar refractivity (Wildman–Crippen MR) is 144 cm³/mol. The lowest BCUT2D eigenvalue weighted by Crippen LogP contribution is -2.42. The SMILES string of the molecule is CC(C)(C)CC(c1ccc(OC(OCc2ccccc2)C23CC4CC(CC2C4)C3)cc1)C(C)(C)C. The fourth-order valence-electron chi connectivity index (χ4n) is 7.75. The Bertz CT molecular complexity index is 964. The zero-order chi connectivity index (χ0) is 24.8. The van der Waals surface area contributed by atoms with E-state index in [1.807, 2.05) is 0 Å². The van der Waals surface area contributed by atoms with Crippen LogP contribution >= 0.6 is 0 Å². The summed E-state index contributed by atoms with van der Waals surface area (Å²) in [7, 11) is 0. The summed E-state index contributed by atoms with van der Waals surface area (Å²) in [4.78, 5) is 0. The van der Waals surface area contributed by atoms with Gasteiger partial charge in [0.15, 0.2) is 0 Å². The topological polar surface area (TPSA) is 18.5 Å². The summed E-state index contributed by atoms with van der Waals surface area (Å²) < 4.78 is 13.5. The molecule has 2 aromatic rings. The first-order valence-electron chi connectivity index (χ1n) is 13.9. The lowest BCUT2D eigenvalue weighted by molar-refractivity contribution is -0.175. The van der Waals surface area contributed by atoms with Gasteiger partial charge >= 0.3 is 0 Å². The fourth-order valence-corrected chi connectivity index (χ4v) is 7.75. The van der Waals surface area contributed by atoms with E-state index in [0.29, 0.717) is 17.9 Å². The quantitative estimate of drug-likeness (QED) is 0.355. The number of hydrogen-bond acceptors (Lipinski definition) is 2. The van der Waals surface area contributed by atoms with Gasteiger partial charge < -0.3 is 9.47 Å². The first-order chi connectivity index (χ1) is 16.5. The zero-order valence-electron chi connectivity index (χ0n) is 22.8. The van der Waals surface area contributed by atoms with Crippen LogP contribution in [0, 0.1) is 34.0 Å². The van der Waals surface area contributed by atoms with E-state index < -0.39 is 0 Å². The average Bonchev–Trinajstić information content (AvgIpc) is 3.19. The van der Waals surface area contributed by atoms with E-state index >= 15 is 0 Å². The minimum Gasteiger partial charge on any atom is -0.464 e. The predicted octanol–water partition coefficient (Wildman–Crippen LogP) is 9.00. The minimum absolute atomic E-state index is 0.165. The fraction of sp³-hybridized carbons (Fsp3) is 0.636. The van der Waals surface area contributed by atoms with E-state index in [2.05, 4.69) is 96.1 Å². The van der Waals surface area contributed by atoms with E-state index in [1.165, 1.54) is 49.7 Å². The molecule has 0 radical (unpaired) electrons. The molecule has 0 spiro atoms. The Labute approximate surface area is 213 Å². The third-order valence-electron chi connectivity index (χ3n) is 9.15. The van der Waals surface area contributed by atoms with Crippen molar-refractivity contribution in [3.05, 3.63) is 65.7 Å². The van der Waals surface area contributed by atoms with Crippen LogP contribution in [0.1, 0.15) is 97.1 Å². The molecule has 35 heavy (non-hydrogen) atoms. The Balaban J connectivity index is 1.36. The highest BCUT2D eigenvalue weighted by atomic mass is 16.7. The van der Waals surface area contributed by atoms with Gasteiger partial charge in [0.25, 0.3) is 0 Å². The van der Waals surface area contributed by atoms with Gasteiger partial charge in [0.1, 0.15) is 5.75 Å². The molecule has 6 rings (SSSR count). The van der Waals surface area contributed by atoms with Crippen LogP contribution in [0.15, 0.2) is 54.6 Å². The standard InChI is InChI=1S/C33H46O2/c1-31(2,3)21-29(32(4,5)6)26-12-14-28(15-13-26)35-30(34-22-23-10-8-7-9-11-23)33-19-24-16-25(20-33)18-27(33)17-24/h7-15,24-25,27,29-30H,16-22H2,1-6H3. The molecule has 4 atom stereocenters. The molecular weight excluding hydrogens is 428 g/mol. The molecule has 4 unspecified atom stereocenters. The normalized spacial score (nSPS) is 29.4. The summed E-state index contributed by atoms with van der Waals surface area (Å²) in [6.45, 7) is 14.8. The Hall–Kier alpha value is -1.80. The Morgan fingerprint density at radius 3 is 2.03 bits per heavy atom. The van der Waals surface area contributed by atoms with Crippen LogP contribution in [0.3, 0.4) is 0 Å². The van der Waals surface area contributed by atoms with Gasteiger partial charge in [0.05, 0.1) is 6.61 Å². The Morgan fingerprint density at radius 1 is 0.829 bits per heavy atom. The Kier molecular flexibility index (Phi) is 6.58. The van der Waals surface area contributed by atoms with Gasteiger partial charge in [-0.3, -0.25) is 0 Å². The number of rotatable bonds is 8. The van der Waals surface area contributed by atoms with Gasteiger partial charge in [-0.05, 0) is 96.3 Å². The van der Waals surface area contributed by atoms with Crippen molar-refractivity contribution < 1.29 is 9.47 Å². The summed E-state index contributed by atoms with van der Waals surface area (Å²) >= 11 is 0. The van der Waals surface area contributed by atoms with Crippen LogP contribution in [0.25, 0.3) is 0 Å². The van der Waals surface area contributed by atoms with Gasteiger partial charge in [0, 0.05) is 5.41 Å². The number of ether oxygens (including phenoxy) is 2. The lowest BCUT2D eigenvalue weighted by atomic mass is 9.69. The van der Waals surface area contributed by atoms with Gasteiger partial charge in [-0.15, -0.1) is 0 Å². The van der Waals surface area contributed by atoms with Crippen molar-refractivity contribution in [3.8, 4) is 5.75 Å². The van der Waals surface area contributed by atoms with Crippen molar-refractivity contribution in [2.75, 3.05) is 0 Å². The van der Waals surface area contributed by atoms with Crippen LogP contribution in [-0.2, 0) is 11.3 Å². The summed E-state index contributed by atoms with van der Waals surface area (Å²) in [6, 6.07) is 19.6. The molecule has 0 aromatic heterocycles. The highest BCUT2D eigenvalue weighted by Gasteiger charge is 2.62. The van der Waals surface area contributed by atoms with Crippen LogP contribution < -0.4 is 4.74 Å². The molecule has 4 aliphatic rings. The van der Waals surface area contributed by atoms with E-state index in [9.17, 15) is 0 Å². The largest absolute Gasteiger partial charge is 0.464 e. The molecule has 4 bridgehead atoms. The van der Waals surface area contributed by atoms with Gasteiger partial charge in [0.2, 0.25) is 6.29 Å². The molecule has 0 amide bonds. The third kappa shape index (κ3) is 5.33. The maximum absolute atomic E-state index is 6.79. The second-order valence-electron chi connectivity index (χ2n) is 14.3. The average molecular weight is 475 g/mol. The Morgan fingerprint density at radius 2 is 1.46 bits per heavy atom. The second-order valence-corrected chi connectivity index (χ2v) is 14.3. The van der Waals surface area contributed by atoms with Crippen molar-refractivity contribution in [1.29, 1.82) is 0 Å². The summed E-state index contributed by atoms with van der Waals surface area (Å²) in [5, 5.41) is 0. The van der Waals surface area contributed by atoms with Gasteiger partial charge in [-0.1, -0.05) is 84.0 Å². The molecule has 4 fully saturated rings. The monoisotopic (exact) mass is 474 g/mol. The van der Waals surface area contributed by atoms with Crippen LogP contribution in [0.4, 0.5) is 0 Å². The van der Waals surface area contributed by atoms with E-state index in [4.69, 9.17) is 9.47 Å². The molecule has 0 heterocycles. The zero-order valence-corrected chi connectivity index (χ0v) is 22.8. The number of hydrogen-bond donors (Lipinski definition) is 0. The van der Waals surface area contributed by atoms with Crippen molar-refractivity contribution in [3.63, 3.8) is 0 Å². The molecule has 190 valence electrons.